The van der Waals surface area contributed by atoms with Crippen molar-refractivity contribution in [1.29, 1.82) is 0 Å². The lowest BCUT2D eigenvalue weighted by atomic mass is 9.92. The van der Waals surface area contributed by atoms with Crippen LogP contribution in [-0.4, -0.2) is 46.8 Å². The van der Waals surface area contributed by atoms with E-state index in [4.69, 9.17) is 5.73 Å². The van der Waals surface area contributed by atoms with E-state index >= 15 is 0 Å². The van der Waals surface area contributed by atoms with Gasteiger partial charge in [0.1, 0.15) is 0 Å². The molecule has 0 atom stereocenters. The molecule has 5 rings (SSSR count). The van der Waals surface area contributed by atoms with Crippen molar-refractivity contribution < 1.29 is 0 Å². The van der Waals surface area contributed by atoms with Gasteiger partial charge in [0.2, 0.25) is 5.95 Å². The van der Waals surface area contributed by atoms with Gasteiger partial charge in [-0.2, -0.15) is 14.8 Å². The zero-order chi connectivity index (χ0) is 19.8. The van der Waals surface area contributed by atoms with Crippen LogP contribution in [0.3, 0.4) is 0 Å². The quantitative estimate of drug-likeness (QED) is 0.551. The van der Waals surface area contributed by atoms with E-state index < -0.39 is 0 Å². The molecule has 9 nitrogen and oxygen atoms in total. The zero-order valence-electron chi connectivity index (χ0n) is 16.2. The molecule has 4 aromatic rings. The van der Waals surface area contributed by atoms with Crippen molar-refractivity contribution in [2.45, 2.75) is 37.8 Å². The normalized spacial score (nSPS) is 19.5. The number of rotatable bonds is 4. The van der Waals surface area contributed by atoms with Crippen LogP contribution in [0.15, 0.2) is 42.9 Å². The zero-order valence-corrected chi connectivity index (χ0v) is 16.2. The van der Waals surface area contributed by atoms with Crippen LogP contribution in [0.5, 0.6) is 0 Å². The van der Waals surface area contributed by atoms with Crippen molar-refractivity contribution in [3.05, 3.63) is 42.9 Å². The molecule has 9 heteroatoms. The van der Waals surface area contributed by atoms with E-state index in [-0.39, 0.29) is 0 Å². The first kappa shape index (κ1) is 17.7. The van der Waals surface area contributed by atoms with E-state index in [0.717, 1.165) is 42.5 Å². The summed E-state index contributed by atoms with van der Waals surface area (Å²) in [6, 6.07) is 8.78. The molecule has 1 aromatic carbocycles. The van der Waals surface area contributed by atoms with Gasteiger partial charge in [-0.1, -0.05) is 17.3 Å². The number of benzene rings is 1. The van der Waals surface area contributed by atoms with Crippen LogP contribution in [0.4, 0.5) is 5.95 Å². The fourth-order valence-corrected chi connectivity index (χ4v) is 3.78. The number of aryl methyl sites for hydroxylation is 1. The van der Waals surface area contributed by atoms with Gasteiger partial charge in [-0.15, -0.1) is 5.10 Å². The second-order valence-corrected chi connectivity index (χ2v) is 7.61. The Morgan fingerprint density at radius 2 is 1.83 bits per heavy atom. The van der Waals surface area contributed by atoms with Crippen LogP contribution in [0.25, 0.3) is 28.0 Å². The number of anilines is 1. The first-order valence-electron chi connectivity index (χ1n) is 9.86. The van der Waals surface area contributed by atoms with Gasteiger partial charge in [0.05, 0.1) is 18.1 Å². The van der Waals surface area contributed by atoms with Gasteiger partial charge in [0.25, 0.3) is 0 Å². The molecular formula is C20H23N9. The van der Waals surface area contributed by atoms with Gasteiger partial charge in [-0.05, 0) is 43.4 Å². The fraction of sp³-hybridized carbons (Fsp3) is 0.350. The van der Waals surface area contributed by atoms with E-state index in [2.05, 4.69) is 30.7 Å². The SMILES string of the molecule is Cn1cc(-c2ccc(-n3nnc4cnc(N[C@H]5CC[C@H](N)CC5)nc43)cc2)cn1. The summed E-state index contributed by atoms with van der Waals surface area (Å²) in [6.07, 6.45) is 9.69. The summed E-state index contributed by atoms with van der Waals surface area (Å²) in [4.78, 5) is 9.08. The molecule has 1 aliphatic carbocycles. The molecule has 3 N–H and O–H groups in total. The Bertz CT molecular complexity index is 1120. The van der Waals surface area contributed by atoms with Crippen molar-refractivity contribution >= 4 is 17.1 Å². The minimum Gasteiger partial charge on any atom is -0.351 e. The summed E-state index contributed by atoms with van der Waals surface area (Å²) in [5.41, 5.74) is 10.4. The van der Waals surface area contributed by atoms with Crippen LogP contribution in [-0.2, 0) is 7.05 Å². The lowest BCUT2D eigenvalue weighted by molar-refractivity contribution is 0.410. The average molecular weight is 389 g/mol. The summed E-state index contributed by atoms with van der Waals surface area (Å²) in [5, 5.41) is 16.1. The molecule has 1 fully saturated rings. The molecule has 0 aliphatic heterocycles. The topological polar surface area (TPSA) is 112 Å². The van der Waals surface area contributed by atoms with Gasteiger partial charge in [0.15, 0.2) is 11.2 Å². The molecule has 0 saturated heterocycles. The summed E-state index contributed by atoms with van der Waals surface area (Å²) < 4.78 is 3.53. The molecule has 1 saturated carbocycles. The molecule has 29 heavy (non-hydrogen) atoms. The van der Waals surface area contributed by atoms with E-state index in [9.17, 15) is 0 Å². The monoisotopic (exact) mass is 389 g/mol. The molecule has 0 unspecified atom stereocenters. The van der Waals surface area contributed by atoms with Crippen LogP contribution in [0, 0.1) is 0 Å². The second kappa shape index (κ2) is 7.25. The summed E-state index contributed by atoms with van der Waals surface area (Å²) in [7, 11) is 1.91. The number of hydrogen-bond acceptors (Lipinski definition) is 7. The van der Waals surface area contributed by atoms with E-state index in [1.807, 2.05) is 43.7 Å². The Morgan fingerprint density at radius 3 is 2.55 bits per heavy atom. The first-order valence-corrected chi connectivity index (χ1v) is 9.86. The number of hydrogen-bond donors (Lipinski definition) is 2. The molecule has 0 bridgehead atoms. The third-order valence-corrected chi connectivity index (χ3v) is 5.45. The number of nitrogens with zero attached hydrogens (tertiary/aromatic N) is 7. The fourth-order valence-electron chi connectivity index (χ4n) is 3.78. The van der Waals surface area contributed by atoms with Crippen molar-refractivity contribution in [2.24, 2.45) is 12.8 Å². The summed E-state index contributed by atoms with van der Waals surface area (Å²) in [6.45, 7) is 0. The third kappa shape index (κ3) is 3.56. The van der Waals surface area contributed by atoms with Gasteiger partial charge in [-0.3, -0.25) is 4.68 Å². The van der Waals surface area contributed by atoms with Gasteiger partial charge < -0.3 is 11.1 Å². The van der Waals surface area contributed by atoms with E-state index in [1.54, 1.807) is 15.6 Å². The molecule has 1 aliphatic rings. The van der Waals surface area contributed by atoms with E-state index in [1.165, 1.54) is 0 Å². The van der Waals surface area contributed by atoms with Gasteiger partial charge in [0, 0.05) is 30.9 Å². The molecule has 3 heterocycles. The minimum atomic E-state index is 0.316. The minimum absolute atomic E-state index is 0.316. The second-order valence-electron chi connectivity index (χ2n) is 7.61. The lowest BCUT2D eigenvalue weighted by Gasteiger charge is -2.26. The van der Waals surface area contributed by atoms with Crippen molar-refractivity contribution in [3.8, 4) is 16.8 Å². The maximum absolute atomic E-state index is 6.00. The molecule has 0 radical (unpaired) electrons. The van der Waals surface area contributed by atoms with Crippen molar-refractivity contribution in [2.75, 3.05) is 5.32 Å². The Balaban J connectivity index is 1.41. The van der Waals surface area contributed by atoms with Crippen LogP contribution in [0.1, 0.15) is 25.7 Å². The maximum atomic E-state index is 6.00. The number of fused-ring (bicyclic) bond motifs is 1. The van der Waals surface area contributed by atoms with Crippen LogP contribution < -0.4 is 11.1 Å². The Hall–Kier alpha value is -3.33. The highest BCUT2D eigenvalue weighted by Gasteiger charge is 2.19. The number of nitrogens with one attached hydrogen (secondary N) is 1. The summed E-state index contributed by atoms with van der Waals surface area (Å²) in [5.74, 6) is 0.605. The predicted octanol–water partition coefficient (Wildman–Crippen LogP) is 2.29. The van der Waals surface area contributed by atoms with Crippen LogP contribution in [0.2, 0.25) is 0 Å². The largest absolute Gasteiger partial charge is 0.351 e. The average Bonchev–Trinajstić information content (AvgIpc) is 3.36. The van der Waals surface area contributed by atoms with Gasteiger partial charge >= 0.3 is 0 Å². The Morgan fingerprint density at radius 1 is 1.03 bits per heavy atom. The van der Waals surface area contributed by atoms with Gasteiger partial charge in [-0.25, -0.2) is 4.98 Å². The standard InChI is InChI=1S/C20H23N9/c1-28-12-14(10-23-28)13-2-8-17(9-3-13)29-19-18(26-27-29)11-22-20(25-19)24-16-6-4-15(21)5-7-16/h2-3,8-12,15-16H,4-7,21H2,1H3,(H,22,24,25)/t15-,16-. The lowest BCUT2D eigenvalue weighted by Crippen LogP contribution is -2.33. The molecule has 0 amide bonds. The Labute approximate surface area is 168 Å². The van der Waals surface area contributed by atoms with Crippen molar-refractivity contribution in [3.63, 3.8) is 0 Å². The highest BCUT2D eigenvalue weighted by atomic mass is 15.4. The first-order chi connectivity index (χ1) is 14.2. The number of aromatic nitrogens is 7. The highest BCUT2D eigenvalue weighted by Crippen LogP contribution is 2.23. The molecule has 3 aromatic heterocycles. The Kier molecular flexibility index (Phi) is 4.44. The highest BCUT2D eigenvalue weighted by molar-refractivity contribution is 5.72. The number of nitrogens with two attached hydrogens (primary N) is 1. The molecular weight excluding hydrogens is 366 g/mol. The smallest absolute Gasteiger partial charge is 0.225 e. The molecule has 148 valence electrons. The van der Waals surface area contributed by atoms with E-state index in [0.29, 0.717) is 29.2 Å². The summed E-state index contributed by atoms with van der Waals surface area (Å²) >= 11 is 0. The predicted molar refractivity (Wildman–Crippen MR) is 111 cm³/mol. The van der Waals surface area contributed by atoms with Crippen LogP contribution >= 0.6 is 0 Å². The third-order valence-electron chi connectivity index (χ3n) is 5.45. The maximum Gasteiger partial charge on any atom is 0.225 e. The van der Waals surface area contributed by atoms with Crippen molar-refractivity contribution in [1.82, 2.24) is 34.7 Å². The molecule has 0 spiro atoms.